The van der Waals surface area contributed by atoms with Crippen LogP contribution in [-0.4, -0.2) is 35.1 Å². The number of methoxy groups -OCH3 is 1. The first-order chi connectivity index (χ1) is 17.2. The molecule has 0 saturated heterocycles. The molecule has 3 atom stereocenters. The van der Waals surface area contributed by atoms with Gasteiger partial charge in [-0.25, -0.2) is 9.37 Å². The Bertz CT molecular complexity index is 1190. The van der Waals surface area contributed by atoms with Gasteiger partial charge in [0.05, 0.1) is 13.0 Å². The van der Waals surface area contributed by atoms with Crippen LogP contribution in [0.1, 0.15) is 48.8 Å². The molecule has 0 radical (unpaired) electrons. The molecule has 190 valence electrons. The number of esters is 1. The number of rotatable bonds is 11. The van der Waals surface area contributed by atoms with E-state index in [1.165, 1.54) is 31.5 Å². The molecule has 2 aromatic carbocycles. The summed E-state index contributed by atoms with van der Waals surface area (Å²) in [5.74, 6) is -2.57. The second kappa shape index (κ2) is 12.4. The first kappa shape index (κ1) is 26.9. The molecule has 1 heterocycles. The number of carbonyl (C=O) groups is 2. The van der Waals surface area contributed by atoms with Crippen molar-refractivity contribution in [3.05, 3.63) is 82.9 Å². The van der Waals surface area contributed by atoms with E-state index < -0.39 is 35.7 Å². The molecule has 0 fully saturated rings. The molecule has 0 aliphatic carbocycles. The molecule has 3 rings (SSSR count). The number of aromatic hydroxyl groups is 1. The zero-order valence-corrected chi connectivity index (χ0v) is 20.9. The summed E-state index contributed by atoms with van der Waals surface area (Å²) >= 11 is 5.96. The Morgan fingerprint density at radius 2 is 1.86 bits per heavy atom. The van der Waals surface area contributed by atoms with Crippen molar-refractivity contribution < 1.29 is 33.3 Å². The van der Waals surface area contributed by atoms with E-state index in [1.807, 2.05) is 6.07 Å². The number of hydrogen-bond acceptors (Lipinski definition) is 7. The average Bonchev–Trinajstić information content (AvgIpc) is 2.85. The van der Waals surface area contributed by atoms with E-state index in [2.05, 4.69) is 4.98 Å². The fourth-order valence-corrected chi connectivity index (χ4v) is 3.89. The number of pyridine rings is 1. The number of ketones is 1. The number of hydrogen-bond donors (Lipinski definition) is 1. The smallest absolute Gasteiger partial charge is 0.309 e. The molecular formula is C27H27ClFNO6. The normalized spacial score (nSPS) is 13.4. The zero-order chi connectivity index (χ0) is 26.2. The van der Waals surface area contributed by atoms with E-state index in [-0.39, 0.29) is 34.4 Å². The van der Waals surface area contributed by atoms with Gasteiger partial charge >= 0.3 is 5.97 Å². The van der Waals surface area contributed by atoms with Crippen molar-refractivity contribution in [2.75, 3.05) is 7.11 Å². The molecular weight excluding hydrogens is 489 g/mol. The third kappa shape index (κ3) is 6.73. The summed E-state index contributed by atoms with van der Waals surface area (Å²) < 4.78 is 30.6. The summed E-state index contributed by atoms with van der Waals surface area (Å²) in [4.78, 5) is 29.8. The van der Waals surface area contributed by atoms with Crippen LogP contribution in [0, 0.1) is 11.7 Å². The quantitative estimate of drug-likeness (QED) is 0.249. The van der Waals surface area contributed by atoms with Gasteiger partial charge in [0.25, 0.3) is 0 Å². The van der Waals surface area contributed by atoms with Gasteiger partial charge in [0.15, 0.2) is 29.1 Å². The van der Waals surface area contributed by atoms with E-state index in [9.17, 15) is 19.1 Å². The summed E-state index contributed by atoms with van der Waals surface area (Å²) in [7, 11) is 1.36. The van der Waals surface area contributed by atoms with E-state index in [0.717, 1.165) is 6.07 Å². The van der Waals surface area contributed by atoms with Crippen molar-refractivity contribution in [2.45, 2.75) is 38.9 Å². The van der Waals surface area contributed by atoms with Gasteiger partial charge < -0.3 is 19.3 Å². The van der Waals surface area contributed by atoms with Crippen molar-refractivity contribution in [1.82, 2.24) is 4.98 Å². The van der Waals surface area contributed by atoms with Crippen LogP contribution in [0.3, 0.4) is 0 Å². The van der Waals surface area contributed by atoms with Crippen LogP contribution in [0.4, 0.5) is 4.39 Å². The summed E-state index contributed by atoms with van der Waals surface area (Å²) in [6.07, 6.45) is -0.127. The van der Waals surface area contributed by atoms with Gasteiger partial charge in [-0.1, -0.05) is 48.9 Å². The van der Waals surface area contributed by atoms with Crippen molar-refractivity contribution in [3.8, 4) is 17.2 Å². The minimum absolute atomic E-state index is 0.109. The number of Topliss-reactive ketones (excluding diaryl/α,β-unsaturated/α-hetero) is 1. The number of halogens is 2. The third-order valence-electron chi connectivity index (χ3n) is 5.58. The van der Waals surface area contributed by atoms with Crippen LogP contribution in [-0.2, 0) is 9.53 Å². The highest BCUT2D eigenvalue weighted by Gasteiger charge is 2.30. The number of carbonyl (C=O) groups excluding carboxylic acids is 2. The van der Waals surface area contributed by atoms with Crippen LogP contribution in [0.2, 0.25) is 5.02 Å². The molecule has 36 heavy (non-hydrogen) atoms. The van der Waals surface area contributed by atoms with E-state index in [0.29, 0.717) is 12.0 Å². The maximum Gasteiger partial charge on any atom is 0.309 e. The predicted octanol–water partition coefficient (Wildman–Crippen LogP) is 5.94. The second-order valence-electron chi connectivity index (χ2n) is 8.14. The Morgan fingerprint density at radius 3 is 2.50 bits per heavy atom. The Morgan fingerprint density at radius 1 is 1.14 bits per heavy atom. The standard InChI is InChI=1S/C27H27ClFNO6/c1-4-17(12-22(31)24-25(32)23(34-3)10-11-30-24)27(33)35-16(2)26(18-8-6-5-7-9-18)36-21-14-19(28)13-20(29)15-21/h5-11,13-17,26,32H,4,12H2,1-3H3/t16-,17+,26-/m0/s1. The SMILES string of the molecule is CC[C@H](CC(=O)c1nccc(OC)c1O)C(=O)O[C@@H](C)[C@H](Oc1cc(F)cc(Cl)c1)c1ccccc1. The summed E-state index contributed by atoms with van der Waals surface area (Å²) in [5, 5.41) is 10.4. The molecule has 0 saturated carbocycles. The predicted molar refractivity (Wildman–Crippen MR) is 132 cm³/mol. The molecule has 0 spiro atoms. The highest BCUT2D eigenvalue weighted by molar-refractivity contribution is 6.30. The lowest BCUT2D eigenvalue weighted by Gasteiger charge is -2.27. The van der Waals surface area contributed by atoms with Gasteiger partial charge in [-0.05, 0) is 31.0 Å². The van der Waals surface area contributed by atoms with Gasteiger partial charge in [-0.2, -0.15) is 0 Å². The molecule has 0 aliphatic heterocycles. The van der Waals surface area contributed by atoms with Crippen molar-refractivity contribution >= 4 is 23.4 Å². The maximum absolute atomic E-state index is 13.9. The van der Waals surface area contributed by atoms with Crippen LogP contribution in [0.15, 0.2) is 60.8 Å². The number of benzene rings is 2. The van der Waals surface area contributed by atoms with Gasteiger partial charge in [-0.3, -0.25) is 9.59 Å². The Labute approximate surface area is 213 Å². The molecule has 1 aromatic heterocycles. The average molecular weight is 516 g/mol. The molecule has 0 amide bonds. The summed E-state index contributed by atoms with van der Waals surface area (Å²) in [5.41, 5.74) is 0.523. The van der Waals surface area contributed by atoms with E-state index in [1.54, 1.807) is 38.1 Å². The van der Waals surface area contributed by atoms with Gasteiger partial charge in [0.2, 0.25) is 0 Å². The molecule has 7 nitrogen and oxygen atoms in total. The molecule has 9 heteroatoms. The van der Waals surface area contributed by atoms with Gasteiger partial charge in [0.1, 0.15) is 17.7 Å². The van der Waals surface area contributed by atoms with Crippen molar-refractivity contribution in [2.24, 2.45) is 5.92 Å². The summed E-state index contributed by atoms with van der Waals surface area (Å²) in [6.45, 7) is 3.41. The zero-order valence-electron chi connectivity index (χ0n) is 20.1. The van der Waals surface area contributed by atoms with E-state index >= 15 is 0 Å². The molecule has 3 aromatic rings. The molecule has 0 unspecified atom stereocenters. The van der Waals surface area contributed by atoms with Gasteiger partial charge in [-0.15, -0.1) is 0 Å². The monoisotopic (exact) mass is 515 g/mol. The fraction of sp³-hybridized carbons (Fsp3) is 0.296. The Hall–Kier alpha value is -3.65. The minimum Gasteiger partial charge on any atom is -0.503 e. The molecule has 0 aliphatic rings. The largest absolute Gasteiger partial charge is 0.503 e. The number of ether oxygens (including phenoxy) is 3. The van der Waals surface area contributed by atoms with Crippen LogP contribution in [0.25, 0.3) is 0 Å². The van der Waals surface area contributed by atoms with Crippen LogP contribution >= 0.6 is 11.6 Å². The maximum atomic E-state index is 13.9. The lowest BCUT2D eigenvalue weighted by molar-refractivity contribution is -0.158. The number of nitrogens with zero attached hydrogens (tertiary/aromatic N) is 1. The van der Waals surface area contributed by atoms with Crippen molar-refractivity contribution in [3.63, 3.8) is 0 Å². The fourth-order valence-electron chi connectivity index (χ4n) is 3.68. The van der Waals surface area contributed by atoms with E-state index in [4.69, 9.17) is 25.8 Å². The topological polar surface area (TPSA) is 95.0 Å². The number of aromatic nitrogens is 1. The summed E-state index contributed by atoms with van der Waals surface area (Å²) in [6, 6.07) is 14.3. The highest BCUT2D eigenvalue weighted by Crippen LogP contribution is 2.31. The van der Waals surface area contributed by atoms with Gasteiger partial charge in [0, 0.05) is 29.8 Å². The van der Waals surface area contributed by atoms with Crippen LogP contribution < -0.4 is 9.47 Å². The first-order valence-corrected chi connectivity index (χ1v) is 11.7. The highest BCUT2D eigenvalue weighted by atomic mass is 35.5. The Balaban J connectivity index is 1.77. The minimum atomic E-state index is -0.797. The lowest BCUT2D eigenvalue weighted by atomic mass is 9.97. The van der Waals surface area contributed by atoms with Crippen LogP contribution in [0.5, 0.6) is 17.2 Å². The molecule has 1 N–H and O–H groups in total. The first-order valence-electron chi connectivity index (χ1n) is 11.4. The van der Waals surface area contributed by atoms with Crippen molar-refractivity contribution in [1.29, 1.82) is 0 Å². The third-order valence-corrected chi connectivity index (χ3v) is 5.80. The lowest BCUT2D eigenvalue weighted by Crippen LogP contribution is -2.30. The second-order valence-corrected chi connectivity index (χ2v) is 8.58. The molecule has 0 bridgehead atoms. The Kier molecular flexibility index (Phi) is 9.25.